The van der Waals surface area contributed by atoms with Gasteiger partial charge in [0, 0.05) is 5.33 Å². The van der Waals surface area contributed by atoms with E-state index in [2.05, 4.69) is 36.9 Å². The Kier molecular flexibility index (Phi) is 27.9. The van der Waals surface area contributed by atoms with Gasteiger partial charge in [0.15, 0.2) is 0 Å². The van der Waals surface area contributed by atoms with E-state index in [4.69, 9.17) is 0 Å². The molecule has 1 nitrogen and oxygen atoms in total. The van der Waals surface area contributed by atoms with Crippen LogP contribution in [0.3, 0.4) is 0 Å². The molecule has 0 rings (SSSR count). The van der Waals surface area contributed by atoms with Crippen LogP contribution in [0.4, 0.5) is 0 Å². The van der Waals surface area contributed by atoms with Crippen molar-refractivity contribution in [1.29, 1.82) is 0 Å². The number of quaternary nitrogens is 1. The topological polar surface area (TPSA) is 0 Å². The summed E-state index contributed by atoms with van der Waals surface area (Å²) in [6, 6.07) is 0. The summed E-state index contributed by atoms with van der Waals surface area (Å²) in [5.74, 6) is 0. The Morgan fingerprint density at radius 2 is 0.724 bits per heavy atom. The van der Waals surface area contributed by atoms with Crippen molar-refractivity contribution >= 4 is 15.9 Å². The summed E-state index contributed by atoms with van der Waals surface area (Å²) in [6.45, 7) is 5.06. The molecule has 0 atom stereocenters. The fraction of sp³-hybridized carbons (Fsp3) is 1.00. The zero-order valence-corrected chi connectivity index (χ0v) is 23.6. The monoisotopic (exact) mass is 539 g/mol. The van der Waals surface area contributed by atoms with Gasteiger partial charge < -0.3 is 21.5 Å². The second kappa shape index (κ2) is 25.2. The number of hydrogen-bond acceptors (Lipinski definition) is 0. The van der Waals surface area contributed by atoms with E-state index in [1.165, 1.54) is 151 Å². The van der Waals surface area contributed by atoms with Gasteiger partial charge in [-0.1, -0.05) is 119 Å². The van der Waals surface area contributed by atoms with Crippen LogP contribution in [0, 0.1) is 0 Å². The minimum Gasteiger partial charge on any atom is -1.00 e. The summed E-state index contributed by atoms with van der Waals surface area (Å²) in [5, 5.41) is 1.18. The summed E-state index contributed by atoms with van der Waals surface area (Å²) < 4.78 is 1.24. The lowest BCUT2D eigenvalue weighted by atomic mass is 10.1. The summed E-state index contributed by atoms with van der Waals surface area (Å²) in [6.07, 6.45) is 28.9. The Bertz CT molecular complexity index is 294. The van der Waals surface area contributed by atoms with Crippen LogP contribution in [-0.4, -0.2) is 37.0 Å². The third-order valence-electron chi connectivity index (χ3n) is 6.26. The summed E-state index contributed by atoms with van der Waals surface area (Å²) in [4.78, 5) is 0. The molecular weight excluding hydrogens is 486 g/mol. The lowest BCUT2D eigenvalue weighted by Gasteiger charge is -2.30. The summed E-state index contributed by atoms with van der Waals surface area (Å²) >= 11 is 3.51. The van der Waals surface area contributed by atoms with Crippen molar-refractivity contribution in [3.8, 4) is 0 Å². The van der Waals surface area contributed by atoms with Crippen LogP contribution in [0.15, 0.2) is 0 Å². The van der Waals surface area contributed by atoms with Crippen LogP contribution in [0.1, 0.15) is 135 Å². The molecule has 0 spiro atoms. The van der Waals surface area contributed by atoms with Gasteiger partial charge in [-0.3, -0.25) is 0 Å². The molecule has 0 aromatic carbocycles. The second-order valence-electron chi connectivity index (χ2n) is 9.79. The molecule has 0 fully saturated rings. The largest absolute Gasteiger partial charge is 1.00 e. The minimum atomic E-state index is 0. The van der Waals surface area contributed by atoms with E-state index < -0.39 is 0 Å². The van der Waals surface area contributed by atoms with Gasteiger partial charge in [0.2, 0.25) is 0 Å². The Morgan fingerprint density at radius 1 is 0.448 bits per heavy atom. The molecule has 0 aliphatic heterocycles. The second-order valence-corrected chi connectivity index (χ2v) is 10.6. The van der Waals surface area contributed by atoms with E-state index in [-0.39, 0.29) is 17.0 Å². The lowest BCUT2D eigenvalue weighted by molar-refractivity contribution is -0.890. The Labute approximate surface area is 204 Å². The van der Waals surface area contributed by atoms with Gasteiger partial charge in [0.1, 0.15) is 0 Å². The molecule has 0 unspecified atom stereocenters. The number of halogens is 2. The van der Waals surface area contributed by atoms with Gasteiger partial charge >= 0.3 is 0 Å². The summed E-state index contributed by atoms with van der Waals surface area (Å²) in [7, 11) is 4.89. The third-order valence-corrected chi connectivity index (χ3v) is 6.82. The molecule has 0 aliphatic carbocycles. The molecule has 0 aromatic heterocycles. The van der Waals surface area contributed by atoms with Gasteiger partial charge in [0.25, 0.3) is 0 Å². The standard InChI is InChI=1S/C26H55BrN.BrH/c1-4-5-6-7-8-9-13-16-19-22-25-28(2,3)26-23-20-17-14-11-10-12-15-18-21-24-27;/h4-26H2,1-3H3;1H/q+1;/p-1. The van der Waals surface area contributed by atoms with Gasteiger partial charge in [-0.25, -0.2) is 0 Å². The molecular formula is C26H55Br2N. The Balaban J connectivity index is 0. The van der Waals surface area contributed by atoms with Crippen LogP contribution < -0.4 is 17.0 Å². The third kappa shape index (κ3) is 26.9. The maximum atomic E-state index is 3.51. The van der Waals surface area contributed by atoms with E-state index >= 15 is 0 Å². The SMILES string of the molecule is CCCCCCCCCCCC[N+](C)(C)CCCCCCCCCCCCBr.[Br-]. The molecule has 0 radical (unpaired) electrons. The number of hydrogen-bond donors (Lipinski definition) is 0. The van der Waals surface area contributed by atoms with Crippen molar-refractivity contribution < 1.29 is 21.5 Å². The van der Waals surface area contributed by atoms with Crippen molar-refractivity contribution in [1.82, 2.24) is 0 Å². The molecule has 0 N–H and O–H groups in total. The Morgan fingerprint density at radius 3 is 1.03 bits per heavy atom. The van der Waals surface area contributed by atoms with Crippen LogP contribution in [0.25, 0.3) is 0 Å². The molecule has 3 heteroatoms. The van der Waals surface area contributed by atoms with Gasteiger partial charge in [-0.05, 0) is 32.1 Å². The van der Waals surface area contributed by atoms with Gasteiger partial charge in [-0.2, -0.15) is 0 Å². The molecule has 0 saturated heterocycles. The van der Waals surface area contributed by atoms with Crippen LogP contribution in [0.5, 0.6) is 0 Å². The molecule has 0 bridgehead atoms. The van der Waals surface area contributed by atoms with E-state index in [1.54, 1.807) is 0 Å². The fourth-order valence-corrected chi connectivity index (χ4v) is 4.58. The van der Waals surface area contributed by atoms with Crippen molar-refractivity contribution in [3.63, 3.8) is 0 Å². The number of unbranched alkanes of at least 4 members (excludes halogenated alkanes) is 18. The normalized spacial score (nSPS) is 11.6. The minimum absolute atomic E-state index is 0. The molecule has 0 saturated carbocycles. The van der Waals surface area contributed by atoms with Crippen molar-refractivity contribution in [2.24, 2.45) is 0 Å². The summed E-state index contributed by atoms with van der Waals surface area (Å²) in [5.41, 5.74) is 0. The average Bonchev–Trinajstić information content (AvgIpc) is 2.67. The molecule has 0 aromatic rings. The van der Waals surface area contributed by atoms with Crippen LogP contribution in [0.2, 0.25) is 0 Å². The lowest BCUT2D eigenvalue weighted by Crippen LogP contribution is -3.00. The highest BCUT2D eigenvalue weighted by molar-refractivity contribution is 9.09. The zero-order valence-electron chi connectivity index (χ0n) is 20.5. The zero-order chi connectivity index (χ0) is 20.8. The highest BCUT2D eigenvalue weighted by atomic mass is 79.9. The van der Waals surface area contributed by atoms with Gasteiger partial charge in [-0.15, -0.1) is 0 Å². The highest BCUT2D eigenvalue weighted by Gasteiger charge is 2.13. The maximum Gasteiger partial charge on any atom is 0.0782 e. The first-order valence-electron chi connectivity index (χ1n) is 13.0. The predicted molar refractivity (Wildman–Crippen MR) is 134 cm³/mol. The van der Waals surface area contributed by atoms with Gasteiger partial charge in [0.05, 0.1) is 27.2 Å². The average molecular weight is 542 g/mol. The first-order valence-corrected chi connectivity index (χ1v) is 14.1. The number of rotatable bonds is 23. The van der Waals surface area contributed by atoms with Crippen LogP contribution in [-0.2, 0) is 0 Å². The van der Waals surface area contributed by atoms with E-state index in [0.29, 0.717) is 0 Å². The smallest absolute Gasteiger partial charge is 0.0782 e. The molecule has 29 heavy (non-hydrogen) atoms. The molecule has 0 amide bonds. The van der Waals surface area contributed by atoms with E-state index in [1.807, 2.05) is 0 Å². The molecule has 178 valence electrons. The first kappa shape index (κ1) is 32.1. The highest BCUT2D eigenvalue weighted by Crippen LogP contribution is 2.14. The van der Waals surface area contributed by atoms with Crippen molar-refractivity contribution in [3.05, 3.63) is 0 Å². The fourth-order valence-electron chi connectivity index (χ4n) is 4.19. The number of nitrogens with zero attached hydrogens (tertiary/aromatic N) is 1. The molecule has 0 heterocycles. The maximum absolute atomic E-state index is 3.51. The number of alkyl halides is 1. The van der Waals surface area contributed by atoms with Crippen molar-refractivity contribution in [2.75, 3.05) is 32.5 Å². The molecule has 0 aliphatic rings. The Hall–Kier alpha value is 0.920. The van der Waals surface area contributed by atoms with E-state index in [0.717, 1.165) is 0 Å². The predicted octanol–water partition coefficient (Wildman–Crippen LogP) is 6.28. The van der Waals surface area contributed by atoms with Crippen molar-refractivity contribution in [2.45, 2.75) is 135 Å². The van der Waals surface area contributed by atoms with Crippen LogP contribution >= 0.6 is 15.9 Å². The quantitative estimate of drug-likeness (QED) is 0.0811. The van der Waals surface area contributed by atoms with E-state index in [9.17, 15) is 0 Å². The first-order chi connectivity index (χ1) is 13.6.